The standard InChI is InChI=1S/C50H32N4/c1-35-7-27-45(28-8-35)53-47(43-23-19-41(20-24-43)39-15-11-37(12-16-39)5-3-31-51)33-50-49(53)34-48(54(50)46-29-9-36(2)10-30-46)44-25-21-42(22-26-44)40-17-13-38(14-18-40)6-4-32-52/h7-30,33-34H,1-2H3. The lowest BCUT2D eigenvalue weighted by molar-refractivity contribution is 1.13. The maximum Gasteiger partial charge on any atom is 0.152 e. The van der Waals surface area contributed by atoms with Crippen LogP contribution < -0.4 is 0 Å². The van der Waals surface area contributed by atoms with Crippen LogP contribution in [0.3, 0.4) is 0 Å². The molecule has 0 unspecified atom stereocenters. The summed E-state index contributed by atoms with van der Waals surface area (Å²) in [5, 5.41) is 17.6. The second-order valence-electron chi connectivity index (χ2n) is 13.2. The van der Waals surface area contributed by atoms with Crippen LogP contribution >= 0.6 is 0 Å². The van der Waals surface area contributed by atoms with E-state index in [1.165, 1.54) is 11.1 Å². The molecular formula is C50H32N4. The third kappa shape index (κ3) is 6.57. The Balaban J connectivity index is 1.25. The second kappa shape index (κ2) is 14.5. The van der Waals surface area contributed by atoms with E-state index in [1.54, 1.807) is 0 Å². The number of nitrogens with zero attached hydrogens (tertiary/aromatic N) is 4. The van der Waals surface area contributed by atoms with Crippen LogP contribution in [0.1, 0.15) is 22.3 Å². The summed E-state index contributed by atoms with van der Waals surface area (Å²) in [6, 6.07) is 59.2. The van der Waals surface area contributed by atoms with Crippen molar-refractivity contribution in [2.45, 2.75) is 13.8 Å². The minimum atomic E-state index is 0.818. The summed E-state index contributed by atoms with van der Waals surface area (Å²) in [6.07, 6.45) is 0. The Labute approximate surface area is 315 Å². The van der Waals surface area contributed by atoms with E-state index in [2.05, 4.69) is 156 Å². The molecular weight excluding hydrogens is 657 g/mol. The van der Waals surface area contributed by atoms with Crippen molar-refractivity contribution in [2.75, 3.05) is 0 Å². The Morgan fingerprint density at radius 3 is 0.981 bits per heavy atom. The normalized spacial score (nSPS) is 10.4. The van der Waals surface area contributed by atoms with Gasteiger partial charge in [0.25, 0.3) is 0 Å². The first kappa shape index (κ1) is 33.4. The molecule has 0 N–H and O–H groups in total. The molecule has 2 heterocycles. The number of aryl methyl sites for hydroxylation is 2. The van der Waals surface area contributed by atoms with Crippen LogP contribution in [0.2, 0.25) is 0 Å². The highest BCUT2D eigenvalue weighted by Gasteiger charge is 2.21. The van der Waals surface area contributed by atoms with Gasteiger partial charge in [0.2, 0.25) is 0 Å². The van der Waals surface area contributed by atoms with E-state index in [9.17, 15) is 0 Å². The fourth-order valence-corrected chi connectivity index (χ4v) is 6.88. The van der Waals surface area contributed by atoms with Gasteiger partial charge in [-0.2, -0.15) is 10.5 Å². The van der Waals surface area contributed by atoms with E-state index < -0.39 is 0 Å². The molecule has 2 aromatic heterocycles. The predicted molar refractivity (Wildman–Crippen MR) is 219 cm³/mol. The Morgan fingerprint density at radius 2 is 0.667 bits per heavy atom. The first-order valence-electron chi connectivity index (χ1n) is 17.6. The van der Waals surface area contributed by atoms with E-state index in [1.807, 2.05) is 60.7 Å². The third-order valence-electron chi connectivity index (χ3n) is 9.68. The molecule has 4 heteroatoms. The van der Waals surface area contributed by atoms with E-state index in [4.69, 9.17) is 10.5 Å². The molecule has 0 aliphatic rings. The number of benzene rings is 6. The van der Waals surface area contributed by atoms with Crippen LogP contribution in [0.5, 0.6) is 0 Å². The van der Waals surface area contributed by atoms with Gasteiger partial charge in [0.15, 0.2) is 12.1 Å². The summed E-state index contributed by atoms with van der Waals surface area (Å²) in [5.74, 6) is 10.7. The lowest BCUT2D eigenvalue weighted by atomic mass is 10.0. The molecule has 0 saturated heterocycles. The largest absolute Gasteiger partial charge is 0.308 e. The number of hydrogen-bond acceptors (Lipinski definition) is 2. The SMILES string of the molecule is Cc1ccc(-n2c(-c3ccc(-c4ccc(C#CC#N)cc4)cc3)cc3c2cc(-c2ccc(-c4ccc(C#CC#N)cc4)cc2)n3-c2ccc(C)cc2)cc1. The van der Waals surface area contributed by atoms with Crippen molar-refractivity contribution in [1.29, 1.82) is 10.5 Å². The molecule has 8 rings (SSSR count). The first-order valence-corrected chi connectivity index (χ1v) is 17.6. The van der Waals surface area contributed by atoms with Crippen LogP contribution in [0.25, 0.3) is 67.2 Å². The van der Waals surface area contributed by atoms with Gasteiger partial charge >= 0.3 is 0 Å². The van der Waals surface area contributed by atoms with E-state index in [-0.39, 0.29) is 0 Å². The van der Waals surface area contributed by atoms with E-state index in [0.717, 1.165) is 78.3 Å². The summed E-state index contributed by atoms with van der Waals surface area (Å²) in [6.45, 7) is 4.23. The fraction of sp³-hybridized carbons (Fsp3) is 0.0400. The quantitative estimate of drug-likeness (QED) is 0.163. The van der Waals surface area contributed by atoms with Gasteiger partial charge in [-0.15, -0.1) is 0 Å². The van der Waals surface area contributed by atoms with Gasteiger partial charge in [0.05, 0.1) is 22.4 Å². The number of nitriles is 2. The van der Waals surface area contributed by atoms with Crippen molar-refractivity contribution >= 4 is 11.0 Å². The lowest BCUT2D eigenvalue weighted by Gasteiger charge is -2.13. The molecule has 0 aliphatic heterocycles. The van der Waals surface area contributed by atoms with Gasteiger partial charge < -0.3 is 9.13 Å². The summed E-state index contributed by atoms with van der Waals surface area (Å²) < 4.78 is 4.73. The summed E-state index contributed by atoms with van der Waals surface area (Å²) in [4.78, 5) is 0. The molecule has 54 heavy (non-hydrogen) atoms. The average Bonchev–Trinajstić information content (AvgIpc) is 3.77. The minimum absolute atomic E-state index is 0.818. The van der Waals surface area contributed by atoms with Crippen LogP contribution in [0.4, 0.5) is 0 Å². The smallest absolute Gasteiger partial charge is 0.152 e. The number of rotatable bonds is 6. The average molecular weight is 689 g/mol. The Kier molecular flexibility index (Phi) is 8.94. The van der Waals surface area contributed by atoms with Gasteiger partial charge in [-0.05, 0) is 108 Å². The maximum atomic E-state index is 8.80. The molecule has 0 fully saturated rings. The Hall–Kier alpha value is -7.76. The molecule has 0 saturated carbocycles. The molecule has 0 radical (unpaired) electrons. The van der Waals surface area contributed by atoms with Crippen LogP contribution in [-0.4, -0.2) is 9.13 Å². The van der Waals surface area contributed by atoms with Crippen LogP contribution in [0, 0.1) is 60.2 Å². The third-order valence-corrected chi connectivity index (χ3v) is 9.68. The van der Waals surface area contributed by atoms with Gasteiger partial charge in [-0.1, -0.05) is 120 Å². The van der Waals surface area contributed by atoms with Crippen LogP contribution in [-0.2, 0) is 0 Å². The van der Waals surface area contributed by atoms with Crippen molar-refractivity contribution in [3.05, 3.63) is 180 Å². The first-order chi connectivity index (χ1) is 26.5. The second-order valence-corrected chi connectivity index (χ2v) is 13.2. The van der Waals surface area contributed by atoms with Gasteiger partial charge in [-0.3, -0.25) is 0 Å². The zero-order valence-electron chi connectivity index (χ0n) is 29.8. The highest BCUT2D eigenvalue weighted by atomic mass is 15.1. The highest BCUT2D eigenvalue weighted by Crippen LogP contribution is 2.39. The highest BCUT2D eigenvalue weighted by molar-refractivity contribution is 5.94. The van der Waals surface area contributed by atoms with Crippen molar-refractivity contribution in [1.82, 2.24) is 9.13 Å². The molecule has 0 amide bonds. The van der Waals surface area contributed by atoms with Crippen molar-refractivity contribution in [2.24, 2.45) is 0 Å². The van der Waals surface area contributed by atoms with Crippen molar-refractivity contribution in [3.8, 4) is 92.0 Å². The van der Waals surface area contributed by atoms with Crippen LogP contribution in [0.15, 0.2) is 158 Å². The van der Waals surface area contributed by atoms with Gasteiger partial charge in [0.1, 0.15) is 0 Å². The van der Waals surface area contributed by atoms with E-state index in [0.29, 0.717) is 0 Å². The molecule has 8 aromatic rings. The fourth-order valence-electron chi connectivity index (χ4n) is 6.88. The van der Waals surface area contributed by atoms with Crippen molar-refractivity contribution in [3.63, 3.8) is 0 Å². The Bertz CT molecular complexity index is 2650. The molecule has 0 bridgehead atoms. The summed E-state index contributed by atoms with van der Waals surface area (Å²) in [7, 11) is 0. The molecule has 6 aromatic carbocycles. The van der Waals surface area contributed by atoms with E-state index >= 15 is 0 Å². The predicted octanol–water partition coefficient (Wildman–Crippen LogP) is 11.5. The number of fused-ring (bicyclic) bond motifs is 1. The maximum absolute atomic E-state index is 8.80. The Morgan fingerprint density at radius 1 is 0.370 bits per heavy atom. The molecule has 0 aliphatic carbocycles. The topological polar surface area (TPSA) is 57.4 Å². The zero-order valence-corrected chi connectivity index (χ0v) is 29.8. The number of aromatic nitrogens is 2. The van der Waals surface area contributed by atoms with Gasteiger partial charge in [0, 0.05) is 34.3 Å². The monoisotopic (exact) mass is 688 g/mol. The minimum Gasteiger partial charge on any atom is -0.308 e. The summed E-state index contributed by atoms with van der Waals surface area (Å²) >= 11 is 0. The number of hydrogen-bond donors (Lipinski definition) is 0. The lowest BCUT2D eigenvalue weighted by Crippen LogP contribution is -1.97. The zero-order chi connectivity index (χ0) is 37.0. The molecule has 4 nitrogen and oxygen atoms in total. The van der Waals surface area contributed by atoms with Crippen molar-refractivity contribution < 1.29 is 0 Å². The summed E-state index contributed by atoms with van der Waals surface area (Å²) in [5.41, 5.74) is 17.3. The molecule has 0 spiro atoms. The van der Waals surface area contributed by atoms with Gasteiger partial charge in [-0.25, -0.2) is 0 Å². The molecule has 252 valence electrons. The molecule has 0 atom stereocenters.